The number of benzene rings is 1. The van der Waals surface area contributed by atoms with Crippen LogP contribution in [0.5, 0.6) is 0 Å². The average Bonchev–Trinajstić information content (AvgIpc) is 3.23. The van der Waals surface area contributed by atoms with Crippen molar-refractivity contribution in [2.24, 2.45) is 0 Å². The van der Waals surface area contributed by atoms with Gasteiger partial charge in [0.05, 0.1) is 12.6 Å². The molecule has 5 nitrogen and oxygen atoms in total. The standard InChI is InChI=1S/C16H19N3O2S/c20-14(9-8-13-7-4-10-21-13)17-11-15-18-19-16(22-15)12-5-2-1-3-6-12/h1-3,5-6,13H,4,7-11H2,(H,17,20). The SMILES string of the molecule is O=C(CCC1CCCO1)NCc1nnc(-c2ccccc2)s1. The Morgan fingerprint density at radius 1 is 1.32 bits per heavy atom. The molecule has 2 aromatic rings. The fourth-order valence-corrected chi connectivity index (χ4v) is 3.23. The summed E-state index contributed by atoms with van der Waals surface area (Å²) in [5.41, 5.74) is 1.05. The summed E-state index contributed by atoms with van der Waals surface area (Å²) in [6.07, 6.45) is 3.76. The van der Waals surface area contributed by atoms with Gasteiger partial charge in [0.15, 0.2) is 0 Å². The molecule has 1 atom stereocenters. The monoisotopic (exact) mass is 317 g/mol. The number of amides is 1. The van der Waals surface area contributed by atoms with Crippen molar-refractivity contribution < 1.29 is 9.53 Å². The molecule has 1 aromatic heterocycles. The third kappa shape index (κ3) is 4.11. The Morgan fingerprint density at radius 3 is 2.95 bits per heavy atom. The molecule has 1 aromatic carbocycles. The van der Waals surface area contributed by atoms with E-state index >= 15 is 0 Å². The van der Waals surface area contributed by atoms with E-state index in [0.29, 0.717) is 13.0 Å². The predicted molar refractivity (Wildman–Crippen MR) is 85.4 cm³/mol. The van der Waals surface area contributed by atoms with Crippen LogP contribution in [-0.2, 0) is 16.1 Å². The fraction of sp³-hybridized carbons (Fsp3) is 0.438. The van der Waals surface area contributed by atoms with Gasteiger partial charge in [-0.25, -0.2) is 0 Å². The molecular formula is C16H19N3O2S. The van der Waals surface area contributed by atoms with Crippen LogP contribution >= 0.6 is 11.3 Å². The van der Waals surface area contributed by atoms with E-state index in [1.165, 1.54) is 11.3 Å². The smallest absolute Gasteiger partial charge is 0.220 e. The first-order chi connectivity index (χ1) is 10.8. The summed E-state index contributed by atoms with van der Waals surface area (Å²) < 4.78 is 5.52. The second-order valence-electron chi connectivity index (χ2n) is 5.32. The molecule has 1 N–H and O–H groups in total. The Kier molecular flexibility index (Phi) is 5.13. The van der Waals surface area contributed by atoms with Crippen LogP contribution in [0.1, 0.15) is 30.7 Å². The Morgan fingerprint density at radius 2 is 2.18 bits per heavy atom. The van der Waals surface area contributed by atoms with Crippen LogP contribution in [0.4, 0.5) is 0 Å². The molecule has 116 valence electrons. The summed E-state index contributed by atoms with van der Waals surface area (Å²) in [4.78, 5) is 11.8. The van der Waals surface area contributed by atoms with Crippen molar-refractivity contribution in [1.82, 2.24) is 15.5 Å². The Balaban J connectivity index is 1.45. The minimum atomic E-state index is 0.0481. The van der Waals surface area contributed by atoms with Gasteiger partial charge in [0.25, 0.3) is 0 Å². The minimum Gasteiger partial charge on any atom is -0.378 e. The first-order valence-corrected chi connectivity index (χ1v) is 8.39. The van der Waals surface area contributed by atoms with Crippen molar-refractivity contribution in [2.45, 2.75) is 38.3 Å². The summed E-state index contributed by atoms with van der Waals surface area (Å²) in [6.45, 7) is 1.27. The van der Waals surface area contributed by atoms with Gasteiger partial charge in [-0.15, -0.1) is 10.2 Å². The Labute approximate surface area is 133 Å². The van der Waals surface area contributed by atoms with Crippen LogP contribution in [0.3, 0.4) is 0 Å². The number of ether oxygens (including phenoxy) is 1. The Hall–Kier alpha value is -1.79. The lowest BCUT2D eigenvalue weighted by molar-refractivity contribution is -0.121. The van der Waals surface area contributed by atoms with Crippen molar-refractivity contribution in [3.8, 4) is 10.6 Å². The van der Waals surface area contributed by atoms with E-state index in [0.717, 1.165) is 41.4 Å². The number of nitrogens with one attached hydrogen (secondary N) is 1. The van der Waals surface area contributed by atoms with E-state index in [1.807, 2.05) is 30.3 Å². The molecule has 1 aliphatic rings. The van der Waals surface area contributed by atoms with Gasteiger partial charge < -0.3 is 10.1 Å². The third-order valence-electron chi connectivity index (χ3n) is 3.64. The summed E-state index contributed by atoms with van der Waals surface area (Å²) in [5, 5.41) is 12.9. The van der Waals surface area contributed by atoms with Gasteiger partial charge in [0.2, 0.25) is 5.91 Å². The third-order valence-corrected chi connectivity index (χ3v) is 4.61. The van der Waals surface area contributed by atoms with E-state index in [1.54, 1.807) is 0 Å². The topological polar surface area (TPSA) is 64.1 Å². The molecule has 22 heavy (non-hydrogen) atoms. The summed E-state index contributed by atoms with van der Waals surface area (Å²) in [5.74, 6) is 0.0481. The zero-order chi connectivity index (χ0) is 15.2. The van der Waals surface area contributed by atoms with Gasteiger partial charge in [-0.3, -0.25) is 4.79 Å². The van der Waals surface area contributed by atoms with Gasteiger partial charge >= 0.3 is 0 Å². The van der Waals surface area contributed by atoms with Gasteiger partial charge in [0.1, 0.15) is 10.0 Å². The molecular weight excluding hydrogens is 298 g/mol. The number of hydrogen-bond acceptors (Lipinski definition) is 5. The van der Waals surface area contributed by atoms with Crippen LogP contribution in [0, 0.1) is 0 Å². The summed E-state index contributed by atoms with van der Waals surface area (Å²) in [7, 11) is 0. The van der Waals surface area contributed by atoms with E-state index < -0.39 is 0 Å². The molecule has 1 fully saturated rings. The number of aromatic nitrogens is 2. The van der Waals surface area contributed by atoms with Crippen LogP contribution in [-0.4, -0.2) is 28.8 Å². The molecule has 1 saturated heterocycles. The van der Waals surface area contributed by atoms with Crippen LogP contribution in [0.2, 0.25) is 0 Å². The van der Waals surface area contributed by atoms with Gasteiger partial charge in [0, 0.05) is 18.6 Å². The molecule has 0 radical (unpaired) electrons. The molecule has 3 rings (SSSR count). The second kappa shape index (κ2) is 7.47. The lowest BCUT2D eigenvalue weighted by atomic mass is 10.1. The van der Waals surface area contributed by atoms with Gasteiger partial charge in [-0.1, -0.05) is 41.7 Å². The van der Waals surface area contributed by atoms with Crippen LogP contribution in [0.25, 0.3) is 10.6 Å². The number of nitrogens with zero attached hydrogens (tertiary/aromatic N) is 2. The zero-order valence-electron chi connectivity index (χ0n) is 12.3. The number of hydrogen-bond donors (Lipinski definition) is 1. The molecule has 6 heteroatoms. The lowest BCUT2D eigenvalue weighted by Crippen LogP contribution is -2.23. The summed E-state index contributed by atoms with van der Waals surface area (Å²) in [6, 6.07) is 9.93. The Bertz CT molecular complexity index is 609. The first-order valence-electron chi connectivity index (χ1n) is 7.57. The molecule has 1 aliphatic heterocycles. The normalized spacial score (nSPS) is 17.5. The van der Waals surface area contributed by atoms with Crippen molar-refractivity contribution in [1.29, 1.82) is 0 Å². The molecule has 2 heterocycles. The number of carbonyl (C=O) groups excluding carboxylic acids is 1. The van der Waals surface area contributed by atoms with E-state index in [9.17, 15) is 4.79 Å². The maximum Gasteiger partial charge on any atom is 0.220 e. The quantitative estimate of drug-likeness (QED) is 0.890. The molecule has 0 spiro atoms. The molecule has 0 aliphatic carbocycles. The van der Waals surface area contributed by atoms with Crippen molar-refractivity contribution in [3.63, 3.8) is 0 Å². The second-order valence-corrected chi connectivity index (χ2v) is 6.38. The minimum absolute atomic E-state index is 0.0481. The van der Waals surface area contributed by atoms with Crippen molar-refractivity contribution >= 4 is 17.2 Å². The molecule has 1 unspecified atom stereocenters. The maximum absolute atomic E-state index is 11.8. The van der Waals surface area contributed by atoms with E-state index in [-0.39, 0.29) is 12.0 Å². The molecule has 1 amide bonds. The fourth-order valence-electron chi connectivity index (χ4n) is 2.45. The first kappa shape index (κ1) is 15.1. The van der Waals surface area contributed by atoms with Crippen LogP contribution in [0.15, 0.2) is 30.3 Å². The highest BCUT2D eigenvalue weighted by Gasteiger charge is 2.16. The average molecular weight is 317 g/mol. The maximum atomic E-state index is 11.8. The van der Waals surface area contributed by atoms with Crippen molar-refractivity contribution in [2.75, 3.05) is 6.61 Å². The molecule has 0 bridgehead atoms. The molecule has 0 saturated carbocycles. The summed E-state index contributed by atoms with van der Waals surface area (Å²) >= 11 is 1.51. The van der Waals surface area contributed by atoms with E-state index in [4.69, 9.17) is 4.74 Å². The highest BCUT2D eigenvalue weighted by Crippen LogP contribution is 2.23. The number of rotatable bonds is 6. The highest BCUT2D eigenvalue weighted by molar-refractivity contribution is 7.14. The highest BCUT2D eigenvalue weighted by atomic mass is 32.1. The van der Waals surface area contributed by atoms with Gasteiger partial charge in [-0.05, 0) is 19.3 Å². The lowest BCUT2D eigenvalue weighted by Gasteiger charge is -2.08. The van der Waals surface area contributed by atoms with Crippen LogP contribution < -0.4 is 5.32 Å². The van der Waals surface area contributed by atoms with Gasteiger partial charge in [-0.2, -0.15) is 0 Å². The van der Waals surface area contributed by atoms with E-state index in [2.05, 4.69) is 15.5 Å². The number of carbonyl (C=O) groups is 1. The largest absolute Gasteiger partial charge is 0.378 e. The zero-order valence-corrected chi connectivity index (χ0v) is 13.1. The van der Waals surface area contributed by atoms with Crippen molar-refractivity contribution in [3.05, 3.63) is 35.3 Å². The predicted octanol–water partition coefficient (Wildman–Crippen LogP) is 2.78.